The van der Waals surface area contributed by atoms with Crippen LogP contribution in [0.25, 0.3) is 0 Å². The molecular formula is C55H94N14O18S2. The van der Waals surface area contributed by atoms with Crippen LogP contribution in [0.4, 0.5) is 0 Å². The lowest BCUT2D eigenvalue weighted by molar-refractivity contribution is -0.149. The number of hydrogen-bond acceptors (Lipinski definition) is 20. The molecule has 2 saturated heterocycles. The molecule has 0 unspecified atom stereocenters. The third-order valence-corrected chi connectivity index (χ3v) is 16.6. The summed E-state index contributed by atoms with van der Waals surface area (Å²) < 4.78 is 0. The molecule has 2 aliphatic heterocycles. The zero-order valence-corrected chi connectivity index (χ0v) is 53.7. The first kappa shape index (κ1) is 78.2. The van der Waals surface area contributed by atoms with Crippen LogP contribution in [0.5, 0.6) is 0 Å². The summed E-state index contributed by atoms with van der Waals surface area (Å²) in [7, 11) is 0. The fourth-order valence-corrected chi connectivity index (χ4v) is 10.0. The van der Waals surface area contributed by atoms with E-state index in [2.05, 4.69) is 78.4 Å². The lowest BCUT2D eigenvalue weighted by atomic mass is 9.96. The number of nitrogens with one attached hydrogen (secondary N) is 10. The van der Waals surface area contributed by atoms with Crippen LogP contribution < -0.4 is 64.6 Å². The number of carbonyl (C=O) groups excluding carboxylic acids is 13. The van der Waals surface area contributed by atoms with Crippen molar-refractivity contribution in [2.24, 2.45) is 29.2 Å². The molecule has 0 bridgehead atoms. The summed E-state index contributed by atoms with van der Waals surface area (Å²) in [6.07, 6.45) is -1.79. The number of carboxylic acid groups (broad SMARTS) is 1. The molecule has 32 nitrogen and oxygen atoms in total. The minimum absolute atomic E-state index is 0.00155. The number of carbonyl (C=O) groups is 14. The Labute approximate surface area is 528 Å². The number of carboxylic acids is 1. The van der Waals surface area contributed by atoms with Gasteiger partial charge in [-0.1, -0.05) is 60.8 Å². The number of aliphatic hydroxyl groups excluding tert-OH is 3. The highest BCUT2D eigenvalue weighted by molar-refractivity contribution is 7.80. The molecule has 0 aromatic heterocycles. The average Bonchev–Trinajstić information content (AvgIpc) is 2.97. The van der Waals surface area contributed by atoms with Crippen LogP contribution in [0.1, 0.15) is 120 Å². The lowest BCUT2D eigenvalue weighted by Gasteiger charge is -2.35. The van der Waals surface area contributed by atoms with E-state index in [1.165, 1.54) is 16.7 Å². The number of hydrogen-bond donors (Lipinski definition) is 18. The monoisotopic (exact) mass is 1300 g/mol. The number of rotatable bonds is 37. The molecule has 0 aliphatic carbocycles. The Bertz CT molecular complexity index is 2520. The van der Waals surface area contributed by atoms with Gasteiger partial charge in [-0.25, -0.2) is 4.79 Å². The van der Waals surface area contributed by atoms with Gasteiger partial charge in [0.15, 0.2) is 0 Å². The predicted molar refractivity (Wildman–Crippen MR) is 326 cm³/mol. The van der Waals surface area contributed by atoms with Crippen LogP contribution >= 0.6 is 25.3 Å². The Kier molecular flexibility index (Phi) is 33.4. The number of nitrogens with two attached hydrogens (primary N) is 2. The highest BCUT2D eigenvalue weighted by atomic mass is 32.1. The molecule has 2 fully saturated rings. The molecule has 2 heterocycles. The fourth-order valence-electron chi connectivity index (χ4n) is 9.58. The Morgan fingerprint density at radius 3 is 1.47 bits per heavy atom. The Balaban J connectivity index is 2.22. The molecule has 0 saturated carbocycles. The van der Waals surface area contributed by atoms with Gasteiger partial charge in [-0.15, -0.1) is 0 Å². The molecule has 18 N–H and O–H groups in total. The van der Waals surface area contributed by atoms with Crippen LogP contribution in [0.3, 0.4) is 0 Å². The number of aliphatic hydroxyl groups is 3. The maximum absolute atomic E-state index is 14.6. The zero-order valence-electron chi connectivity index (χ0n) is 51.9. The molecule has 2 rings (SSSR count). The first-order valence-corrected chi connectivity index (χ1v) is 31.1. The number of primary amides is 1. The van der Waals surface area contributed by atoms with Gasteiger partial charge >= 0.3 is 5.97 Å². The largest absolute Gasteiger partial charge is 0.480 e. The molecular weight excluding hydrogens is 1210 g/mol. The fraction of sp³-hybridized carbons (Fsp3) is 0.745. The third kappa shape index (κ3) is 23.5. The standard InChI is InChI=1S/C55H94N14O18S2/c1-10-25(4)39(63-38(74)21-58-45(76)31(56)23-88)50(81)66-43(30(9)72)52(83)67-42(29(8)71)51(82)59-28(7)44(75)61-33(22-70)46(77)65-41(27(6)12-3)54(85)69-20-14-16-36(69)53(84)68-19-13-15-35(68)48(79)64-40(26(5)11-2)49(80)62-34(24-89)47(78)60-32(55(86)87)17-18-37(57)73/h25-36,39-43,70-72,88-89H,10-24,56H2,1-9H3,(H2,57,73)(H,58,76)(H,59,82)(H,60,78)(H,61,75)(H,62,80)(H,63,74)(H,64,79)(H,65,77)(H,66,81)(H,67,83)(H,86,87)/t25-,26-,27-,28-,29+,30+,31-,32-,33-,34-,35-,36-,39-,40-,41-,42-,43-/m0/s1. The van der Waals surface area contributed by atoms with Gasteiger partial charge < -0.3 is 94.9 Å². The van der Waals surface area contributed by atoms with Gasteiger partial charge in [-0.05, 0) is 70.6 Å². The first-order chi connectivity index (χ1) is 41.7. The highest BCUT2D eigenvalue weighted by Crippen LogP contribution is 2.27. The molecule has 0 radical (unpaired) electrons. The van der Waals surface area contributed by atoms with Crippen LogP contribution in [0.15, 0.2) is 0 Å². The smallest absolute Gasteiger partial charge is 0.326 e. The molecule has 89 heavy (non-hydrogen) atoms. The molecule has 0 spiro atoms. The van der Waals surface area contributed by atoms with E-state index < -0.39 is 198 Å². The van der Waals surface area contributed by atoms with Crippen LogP contribution in [-0.2, 0) is 67.1 Å². The Morgan fingerprint density at radius 1 is 0.528 bits per heavy atom. The van der Waals surface area contributed by atoms with Gasteiger partial charge in [0.05, 0.1) is 31.4 Å². The normalized spacial score (nSPS) is 19.8. The van der Waals surface area contributed by atoms with Crippen molar-refractivity contribution in [3.8, 4) is 0 Å². The molecule has 13 amide bonds. The van der Waals surface area contributed by atoms with Gasteiger partial charge in [0.25, 0.3) is 0 Å². The first-order valence-electron chi connectivity index (χ1n) is 29.8. The van der Waals surface area contributed by atoms with E-state index in [0.29, 0.717) is 32.1 Å². The molecule has 0 aromatic carbocycles. The van der Waals surface area contributed by atoms with Gasteiger partial charge in [-0.2, -0.15) is 25.3 Å². The van der Waals surface area contributed by atoms with E-state index in [1.807, 2.05) is 0 Å². The van der Waals surface area contributed by atoms with Gasteiger partial charge in [0.1, 0.15) is 66.5 Å². The quantitative estimate of drug-likeness (QED) is 0.0257. The van der Waals surface area contributed by atoms with Crippen molar-refractivity contribution in [2.45, 2.75) is 205 Å². The molecule has 0 aromatic rings. The second kappa shape index (κ2) is 38.0. The van der Waals surface area contributed by atoms with Crippen molar-refractivity contribution >= 4 is 108 Å². The number of amides is 13. The number of likely N-dealkylation sites (tertiary alicyclic amines) is 2. The van der Waals surface area contributed by atoms with Gasteiger partial charge in [-0.3, -0.25) is 62.3 Å². The lowest BCUT2D eigenvalue weighted by Crippen LogP contribution is -2.63. The van der Waals surface area contributed by atoms with E-state index in [-0.39, 0.29) is 50.3 Å². The summed E-state index contributed by atoms with van der Waals surface area (Å²) in [5, 5.41) is 65.3. The summed E-state index contributed by atoms with van der Waals surface area (Å²) in [6.45, 7) is 12.2. The van der Waals surface area contributed by atoms with Gasteiger partial charge in [0, 0.05) is 31.0 Å². The van der Waals surface area contributed by atoms with Crippen LogP contribution in [0.2, 0.25) is 0 Å². The van der Waals surface area contributed by atoms with Crippen molar-refractivity contribution in [3.63, 3.8) is 0 Å². The number of thiol groups is 2. The average molecular weight is 1300 g/mol. The maximum Gasteiger partial charge on any atom is 0.326 e. The summed E-state index contributed by atoms with van der Waals surface area (Å²) in [5.41, 5.74) is 10.8. The van der Waals surface area contributed by atoms with Crippen molar-refractivity contribution < 1.29 is 87.5 Å². The summed E-state index contributed by atoms with van der Waals surface area (Å²) in [4.78, 5) is 189. The zero-order chi connectivity index (χ0) is 67.7. The predicted octanol–water partition coefficient (Wildman–Crippen LogP) is -6.10. The van der Waals surface area contributed by atoms with E-state index in [0.717, 1.165) is 13.8 Å². The van der Waals surface area contributed by atoms with E-state index in [9.17, 15) is 87.5 Å². The van der Waals surface area contributed by atoms with Gasteiger partial charge in [0.2, 0.25) is 76.8 Å². The van der Waals surface area contributed by atoms with E-state index in [4.69, 9.17) is 11.5 Å². The molecule has 17 atom stereocenters. The van der Waals surface area contributed by atoms with Crippen LogP contribution in [0, 0.1) is 17.8 Å². The Hall–Kier alpha value is -6.88. The summed E-state index contributed by atoms with van der Waals surface area (Å²) in [5.74, 6) is -14.6. The number of aliphatic carboxylic acids is 1. The highest BCUT2D eigenvalue weighted by Gasteiger charge is 2.46. The SMILES string of the molecule is CC[C@H](C)[C@H](NC(=O)CNC(=O)[C@@H](N)CS)C(=O)N[C@H](C(=O)N[C@H](C(=O)N[C@@H](C)C(=O)N[C@@H](CO)C(=O)N[C@H](C(=O)N1CCC[C@H]1C(=O)N1CCC[C@H]1C(=O)N[C@H](C(=O)N[C@@H](CS)C(=O)N[C@@H](CCC(N)=O)C(=O)O)[C@@H](C)CC)[C@@H](C)CC)[C@@H](C)O)[C@@H](C)O. The van der Waals surface area contributed by atoms with E-state index >= 15 is 0 Å². The van der Waals surface area contributed by atoms with E-state index in [1.54, 1.807) is 41.5 Å². The second-order valence-electron chi connectivity index (χ2n) is 22.6. The topological polar surface area (TPSA) is 499 Å². The van der Waals surface area contributed by atoms with Crippen molar-refractivity contribution in [1.29, 1.82) is 0 Å². The molecule has 2 aliphatic rings. The maximum atomic E-state index is 14.6. The third-order valence-electron chi connectivity index (χ3n) is 15.8. The van der Waals surface area contributed by atoms with Crippen molar-refractivity contribution in [2.75, 3.05) is 37.7 Å². The second-order valence-corrected chi connectivity index (χ2v) is 23.4. The Morgan fingerprint density at radius 2 is 0.978 bits per heavy atom. The molecule has 34 heteroatoms. The van der Waals surface area contributed by atoms with Crippen molar-refractivity contribution in [1.82, 2.24) is 63.0 Å². The van der Waals surface area contributed by atoms with Crippen molar-refractivity contribution in [3.05, 3.63) is 0 Å². The molecule has 504 valence electrons. The van der Waals surface area contributed by atoms with Crippen LogP contribution in [-0.4, -0.2) is 235 Å². The number of nitrogens with zero attached hydrogens (tertiary/aromatic N) is 2. The minimum atomic E-state index is -1.82. The minimum Gasteiger partial charge on any atom is -0.480 e. The summed E-state index contributed by atoms with van der Waals surface area (Å²) in [6, 6.07) is -16.8. The summed E-state index contributed by atoms with van der Waals surface area (Å²) >= 11 is 8.09.